The molecule has 0 fully saturated rings. The number of rotatable bonds is 2. The molecule has 7 aromatic rings. The maximum atomic E-state index is 14.5. The zero-order chi connectivity index (χ0) is 35.0. The number of benzene rings is 6. The zero-order valence-corrected chi connectivity index (χ0v) is 30.6. The number of nitrogens with zero attached hydrogens (tertiary/aromatic N) is 2. The molecule has 0 N–H and O–H groups in total. The fraction of sp³-hybridized carbons (Fsp3) is 0.174. The minimum Gasteiger partial charge on any atom is -0.311 e. The molecule has 3 heterocycles. The van der Waals surface area contributed by atoms with Crippen LogP contribution in [-0.4, -0.2) is 6.71 Å². The fourth-order valence-corrected chi connectivity index (χ4v) is 10.2. The van der Waals surface area contributed by atoms with Gasteiger partial charge >= 0.3 is 0 Å². The van der Waals surface area contributed by atoms with Gasteiger partial charge < -0.3 is 9.80 Å². The molecule has 0 saturated heterocycles. The van der Waals surface area contributed by atoms with Crippen LogP contribution >= 0.6 is 11.3 Å². The van der Waals surface area contributed by atoms with Crippen LogP contribution in [0.4, 0.5) is 37.8 Å². The molecule has 0 amide bonds. The summed E-state index contributed by atoms with van der Waals surface area (Å²) in [5, 5.41) is 2.57. The van der Waals surface area contributed by atoms with E-state index in [9.17, 15) is 4.39 Å². The molecular formula is C46H38BFN2S. The SMILES string of the molecule is Cc1ccc(N2c3cccc4c3B(c3cc5c(cc3N4c3ccc(F)cc3)C(C)(C)c3ccc(C(C)(C)C)cc3-5)c3c2sc2ccccc32)cc1. The standard InChI is InChI=1S/C46H38BFN2S/c1-27-14-19-31(20-15-27)50-39-12-9-11-38-43(39)47(42-32-10-7-8-13-41(32)51-44(42)50)37-25-34-33-24-28(45(2,3)4)16-23-35(33)46(5,6)36(34)26-40(37)49(38)30-21-17-29(48)18-22-30/h7-26H,1-6H3. The van der Waals surface area contributed by atoms with E-state index in [1.807, 2.05) is 23.5 Å². The van der Waals surface area contributed by atoms with Gasteiger partial charge in [-0.3, -0.25) is 0 Å². The molecule has 0 atom stereocenters. The molecule has 5 heteroatoms. The number of aryl methyl sites for hydroxylation is 1. The van der Waals surface area contributed by atoms with Crippen LogP contribution < -0.4 is 26.2 Å². The van der Waals surface area contributed by atoms with Gasteiger partial charge in [0, 0.05) is 38.6 Å². The van der Waals surface area contributed by atoms with Gasteiger partial charge in [0.1, 0.15) is 5.82 Å². The summed E-state index contributed by atoms with van der Waals surface area (Å²) in [7, 11) is 0. The van der Waals surface area contributed by atoms with Gasteiger partial charge in [-0.25, -0.2) is 4.39 Å². The van der Waals surface area contributed by atoms with Gasteiger partial charge in [-0.1, -0.05) is 101 Å². The Balaban J connectivity index is 1.33. The Kier molecular flexibility index (Phi) is 6.29. The van der Waals surface area contributed by atoms with E-state index in [0.717, 1.165) is 22.7 Å². The topological polar surface area (TPSA) is 6.48 Å². The second-order valence-electron chi connectivity index (χ2n) is 16.0. The van der Waals surface area contributed by atoms with Crippen LogP contribution in [0.5, 0.6) is 0 Å². The van der Waals surface area contributed by atoms with Crippen LogP contribution in [0.25, 0.3) is 21.2 Å². The van der Waals surface area contributed by atoms with Gasteiger partial charge in [-0.2, -0.15) is 0 Å². The van der Waals surface area contributed by atoms with Gasteiger partial charge in [0.2, 0.25) is 0 Å². The zero-order valence-electron chi connectivity index (χ0n) is 29.8. The normalized spacial score (nSPS) is 15.0. The molecule has 1 aromatic heterocycles. The summed E-state index contributed by atoms with van der Waals surface area (Å²) in [5.74, 6) is -0.232. The lowest BCUT2D eigenvalue weighted by Gasteiger charge is -2.43. The van der Waals surface area contributed by atoms with Crippen molar-refractivity contribution in [3.63, 3.8) is 0 Å². The van der Waals surface area contributed by atoms with Crippen molar-refractivity contribution >= 4 is 78.0 Å². The van der Waals surface area contributed by atoms with Gasteiger partial charge in [-0.05, 0) is 123 Å². The molecule has 0 radical (unpaired) electrons. The smallest absolute Gasteiger partial charge is 0.254 e. The van der Waals surface area contributed by atoms with Crippen molar-refractivity contribution in [3.05, 3.63) is 149 Å². The highest BCUT2D eigenvalue weighted by Crippen LogP contribution is 2.53. The Morgan fingerprint density at radius 2 is 1.31 bits per heavy atom. The van der Waals surface area contributed by atoms with E-state index in [2.05, 4.69) is 148 Å². The third-order valence-electron chi connectivity index (χ3n) is 11.6. The number of halogens is 1. The lowest BCUT2D eigenvalue weighted by atomic mass is 9.33. The first-order valence-corrected chi connectivity index (χ1v) is 18.7. The first-order valence-electron chi connectivity index (χ1n) is 17.9. The second kappa shape index (κ2) is 10.5. The van der Waals surface area contributed by atoms with Crippen molar-refractivity contribution < 1.29 is 4.39 Å². The van der Waals surface area contributed by atoms with Crippen molar-refractivity contribution in [1.82, 2.24) is 0 Å². The van der Waals surface area contributed by atoms with Crippen molar-refractivity contribution in [2.45, 2.75) is 52.4 Å². The number of anilines is 6. The Hall–Kier alpha value is -5.13. The van der Waals surface area contributed by atoms with E-state index in [1.165, 1.54) is 70.5 Å². The highest BCUT2D eigenvalue weighted by Gasteiger charge is 2.47. The Labute approximate surface area is 303 Å². The molecule has 0 unspecified atom stereocenters. The third kappa shape index (κ3) is 4.28. The molecule has 0 spiro atoms. The summed E-state index contributed by atoms with van der Waals surface area (Å²) >= 11 is 1.88. The maximum Gasteiger partial charge on any atom is 0.254 e. The van der Waals surface area contributed by atoms with E-state index in [0.29, 0.717) is 0 Å². The average molecular weight is 681 g/mol. The second-order valence-corrected chi connectivity index (χ2v) is 17.1. The molecule has 51 heavy (non-hydrogen) atoms. The summed E-state index contributed by atoms with van der Waals surface area (Å²) in [6.45, 7) is 13.8. The molecule has 248 valence electrons. The van der Waals surface area contributed by atoms with E-state index < -0.39 is 0 Å². The number of fused-ring (bicyclic) bond motifs is 9. The van der Waals surface area contributed by atoms with Crippen molar-refractivity contribution in [1.29, 1.82) is 0 Å². The van der Waals surface area contributed by atoms with Gasteiger partial charge in [-0.15, -0.1) is 11.3 Å². The molecule has 2 aliphatic heterocycles. The summed E-state index contributed by atoms with van der Waals surface area (Å²) in [6.07, 6.45) is 0. The minimum atomic E-state index is -0.232. The van der Waals surface area contributed by atoms with Gasteiger partial charge in [0.25, 0.3) is 6.71 Å². The largest absolute Gasteiger partial charge is 0.311 e. The van der Waals surface area contributed by atoms with Crippen LogP contribution in [0.15, 0.2) is 121 Å². The highest BCUT2D eigenvalue weighted by molar-refractivity contribution is 7.26. The summed E-state index contributed by atoms with van der Waals surface area (Å²) < 4.78 is 15.8. The third-order valence-corrected chi connectivity index (χ3v) is 12.7. The van der Waals surface area contributed by atoms with Crippen molar-refractivity contribution in [2.24, 2.45) is 0 Å². The molecule has 1 aliphatic carbocycles. The van der Waals surface area contributed by atoms with Crippen molar-refractivity contribution in [2.75, 3.05) is 9.80 Å². The molecule has 6 aromatic carbocycles. The van der Waals surface area contributed by atoms with Crippen LogP contribution in [0.3, 0.4) is 0 Å². The lowest BCUT2D eigenvalue weighted by Crippen LogP contribution is -2.61. The van der Waals surface area contributed by atoms with Crippen LogP contribution in [0, 0.1) is 12.7 Å². The summed E-state index contributed by atoms with van der Waals surface area (Å²) in [4.78, 5) is 4.86. The molecular weight excluding hydrogens is 642 g/mol. The van der Waals surface area contributed by atoms with Crippen LogP contribution in [0.2, 0.25) is 0 Å². The van der Waals surface area contributed by atoms with E-state index >= 15 is 0 Å². The Bertz CT molecular complexity index is 2580. The van der Waals surface area contributed by atoms with Gasteiger partial charge in [0.05, 0.1) is 5.00 Å². The lowest BCUT2D eigenvalue weighted by molar-refractivity contribution is 0.589. The molecule has 0 saturated carbocycles. The van der Waals surface area contributed by atoms with E-state index in [4.69, 9.17) is 0 Å². The molecule has 10 rings (SSSR count). The van der Waals surface area contributed by atoms with Crippen LogP contribution in [-0.2, 0) is 10.8 Å². The summed E-state index contributed by atoms with van der Waals surface area (Å²) in [5.41, 5.74) is 17.3. The first-order chi connectivity index (χ1) is 24.5. The van der Waals surface area contributed by atoms with Crippen molar-refractivity contribution in [3.8, 4) is 11.1 Å². The number of hydrogen-bond donors (Lipinski definition) is 0. The Morgan fingerprint density at radius 1 is 0.647 bits per heavy atom. The maximum absolute atomic E-state index is 14.5. The first kappa shape index (κ1) is 30.7. The fourth-order valence-electron chi connectivity index (χ4n) is 8.93. The highest BCUT2D eigenvalue weighted by atomic mass is 32.1. The van der Waals surface area contributed by atoms with Gasteiger partial charge in [0.15, 0.2) is 0 Å². The number of hydrogen-bond acceptors (Lipinski definition) is 3. The number of thiophene rings is 1. The quantitative estimate of drug-likeness (QED) is 0.168. The minimum absolute atomic E-state index is 0.0130. The van der Waals surface area contributed by atoms with E-state index in [1.54, 1.807) is 12.1 Å². The van der Waals surface area contributed by atoms with Crippen LogP contribution in [0.1, 0.15) is 56.9 Å². The predicted octanol–water partition coefficient (Wildman–Crippen LogP) is 11.0. The van der Waals surface area contributed by atoms with E-state index in [-0.39, 0.29) is 23.4 Å². The molecule has 0 bridgehead atoms. The Morgan fingerprint density at radius 3 is 2.06 bits per heavy atom. The summed E-state index contributed by atoms with van der Waals surface area (Å²) in [6, 6.07) is 43.7. The molecule has 3 aliphatic rings. The monoisotopic (exact) mass is 680 g/mol. The molecule has 2 nitrogen and oxygen atoms in total. The average Bonchev–Trinajstić information content (AvgIpc) is 3.60. The predicted molar refractivity (Wildman–Crippen MR) is 217 cm³/mol.